The second-order valence-corrected chi connectivity index (χ2v) is 8.62. The van der Waals surface area contributed by atoms with Crippen molar-refractivity contribution in [2.24, 2.45) is 4.99 Å². The lowest BCUT2D eigenvalue weighted by Gasteiger charge is -2.28. The van der Waals surface area contributed by atoms with Crippen LogP contribution in [0.5, 0.6) is 6.01 Å². The van der Waals surface area contributed by atoms with Crippen LogP contribution in [0.15, 0.2) is 29.3 Å². The van der Waals surface area contributed by atoms with Gasteiger partial charge < -0.3 is 19.5 Å². The average molecular weight is 411 g/mol. The number of fused-ring (bicyclic) bond motifs is 1. The first-order chi connectivity index (χ1) is 14.4. The van der Waals surface area contributed by atoms with E-state index in [-0.39, 0.29) is 12.6 Å². The second kappa shape index (κ2) is 8.70. The van der Waals surface area contributed by atoms with Gasteiger partial charge in [0, 0.05) is 24.9 Å². The molecule has 0 unspecified atom stereocenters. The van der Waals surface area contributed by atoms with Gasteiger partial charge in [-0.2, -0.15) is 9.97 Å². The van der Waals surface area contributed by atoms with Crippen molar-refractivity contribution in [1.29, 1.82) is 0 Å². The molecule has 0 atom stereocenters. The molecule has 1 aliphatic heterocycles. The third-order valence-corrected chi connectivity index (χ3v) is 5.27. The van der Waals surface area contributed by atoms with Gasteiger partial charge in [0.2, 0.25) is 0 Å². The van der Waals surface area contributed by atoms with Crippen molar-refractivity contribution in [3.8, 4) is 6.01 Å². The lowest BCUT2D eigenvalue weighted by molar-refractivity contribution is 0.0249. The molecule has 1 fully saturated rings. The van der Waals surface area contributed by atoms with Gasteiger partial charge in [-0.05, 0) is 50.8 Å². The number of benzene rings is 1. The van der Waals surface area contributed by atoms with E-state index < -0.39 is 5.60 Å². The lowest BCUT2D eigenvalue weighted by atomic mass is 10.1. The predicted molar refractivity (Wildman–Crippen MR) is 117 cm³/mol. The van der Waals surface area contributed by atoms with E-state index in [1.165, 1.54) is 16.7 Å². The Morgan fingerprint density at radius 1 is 1.17 bits per heavy atom. The Morgan fingerprint density at radius 3 is 2.73 bits per heavy atom. The third-order valence-electron chi connectivity index (χ3n) is 5.27. The van der Waals surface area contributed by atoms with Crippen molar-refractivity contribution in [3.05, 3.63) is 46.6 Å². The maximum atomic E-state index is 10.00. The molecule has 2 heterocycles. The van der Waals surface area contributed by atoms with E-state index in [0.717, 1.165) is 43.2 Å². The molecular formula is C23H30N4O3. The highest BCUT2D eigenvalue weighted by atomic mass is 16.5. The molecule has 160 valence electrons. The van der Waals surface area contributed by atoms with E-state index in [1.807, 2.05) is 6.07 Å². The molecule has 1 aromatic heterocycles. The zero-order chi connectivity index (χ0) is 21.1. The van der Waals surface area contributed by atoms with Crippen LogP contribution in [0.4, 0.5) is 5.82 Å². The number of aromatic nitrogens is 2. The minimum Gasteiger partial charge on any atom is -0.460 e. The first-order valence-electron chi connectivity index (χ1n) is 10.6. The number of anilines is 1. The third kappa shape index (κ3) is 5.15. The Labute approximate surface area is 177 Å². The van der Waals surface area contributed by atoms with Crippen LogP contribution in [0.25, 0.3) is 0 Å². The van der Waals surface area contributed by atoms with E-state index >= 15 is 0 Å². The number of hydrogen-bond acceptors (Lipinski definition) is 7. The topological polar surface area (TPSA) is 80.1 Å². The first kappa shape index (κ1) is 20.8. The van der Waals surface area contributed by atoms with Gasteiger partial charge in [0.25, 0.3) is 0 Å². The van der Waals surface area contributed by atoms with Crippen molar-refractivity contribution < 1.29 is 14.6 Å². The summed E-state index contributed by atoms with van der Waals surface area (Å²) in [5.41, 5.74) is 4.87. The van der Waals surface area contributed by atoms with Gasteiger partial charge in [0.1, 0.15) is 12.4 Å². The van der Waals surface area contributed by atoms with Crippen LogP contribution in [-0.4, -0.2) is 59.3 Å². The molecule has 7 heteroatoms. The van der Waals surface area contributed by atoms with Crippen molar-refractivity contribution >= 4 is 11.5 Å². The summed E-state index contributed by atoms with van der Waals surface area (Å²) < 4.78 is 11.2. The molecule has 7 nitrogen and oxygen atoms in total. The van der Waals surface area contributed by atoms with Crippen molar-refractivity contribution in [2.75, 3.05) is 37.8 Å². The number of hydrogen-bond donors (Lipinski definition) is 1. The summed E-state index contributed by atoms with van der Waals surface area (Å²) in [4.78, 5) is 16.2. The van der Waals surface area contributed by atoms with Crippen LogP contribution in [0.3, 0.4) is 0 Å². The van der Waals surface area contributed by atoms with Crippen LogP contribution >= 0.6 is 0 Å². The highest BCUT2D eigenvalue weighted by Crippen LogP contribution is 2.25. The smallest absolute Gasteiger partial charge is 0.318 e. The Morgan fingerprint density at radius 2 is 1.97 bits per heavy atom. The molecule has 1 aromatic carbocycles. The summed E-state index contributed by atoms with van der Waals surface area (Å²) in [5.74, 6) is 0.817. The molecule has 1 saturated heterocycles. The Bertz CT molecular complexity index is 931. The zero-order valence-electron chi connectivity index (χ0n) is 18.0. The fraction of sp³-hybridized carbons (Fsp3) is 0.522. The number of morpholine rings is 1. The maximum Gasteiger partial charge on any atom is 0.318 e. The highest BCUT2D eigenvalue weighted by molar-refractivity contribution is 6.04. The summed E-state index contributed by atoms with van der Waals surface area (Å²) >= 11 is 0. The van der Waals surface area contributed by atoms with E-state index in [2.05, 4.69) is 40.0 Å². The van der Waals surface area contributed by atoms with Gasteiger partial charge in [-0.25, -0.2) is 0 Å². The molecule has 0 amide bonds. The normalized spacial score (nSPS) is 18.0. The molecular weight excluding hydrogens is 380 g/mol. The minimum atomic E-state index is -0.954. The number of aliphatic hydroxyl groups is 1. The van der Waals surface area contributed by atoms with E-state index in [9.17, 15) is 5.11 Å². The number of nitrogens with zero attached hydrogens (tertiary/aromatic N) is 4. The van der Waals surface area contributed by atoms with Gasteiger partial charge in [-0.15, -0.1) is 0 Å². The molecule has 0 radical (unpaired) electrons. The van der Waals surface area contributed by atoms with Crippen molar-refractivity contribution in [3.63, 3.8) is 0 Å². The lowest BCUT2D eigenvalue weighted by Crippen LogP contribution is -2.37. The molecule has 1 aliphatic carbocycles. The van der Waals surface area contributed by atoms with Crippen LogP contribution < -0.4 is 9.64 Å². The molecule has 0 spiro atoms. The van der Waals surface area contributed by atoms with Crippen LogP contribution in [-0.2, 0) is 17.7 Å². The Balaban J connectivity index is 1.58. The Kier molecular flexibility index (Phi) is 6.01. The van der Waals surface area contributed by atoms with Crippen molar-refractivity contribution in [1.82, 2.24) is 9.97 Å². The molecule has 30 heavy (non-hydrogen) atoms. The number of aryl methyl sites for hydroxylation is 2. The molecule has 2 aromatic rings. The Hall–Kier alpha value is -2.51. The summed E-state index contributed by atoms with van der Waals surface area (Å²) in [7, 11) is 0. The van der Waals surface area contributed by atoms with E-state index in [1.54, 1.807) is 13.8 Å². The van der Waals surface area contributed by atoms with Crippen LogP contribution in [0.1, 0.15) is 42.7 Å². The largest absolute Gasteiger partial charge is 0.460 e. The quantitative estimate of drug-likeness (QED) is 0.789. The molecule has 4 rings (SSSR count). The van der Waals surface area contributed by atoms with Gasteiger partial charge in [0.15, 0.2) is 0 Å². The van der Waals surface area contributed by atoms with Gasteiger partial charge in [-0.1, -0.05) is 17.7 Å². The molecule has 0 saturated carbocycles. The summed E-state index contributed by atoms with van der Waals surface area (Å²) in [5, 5.41) is 10.00. The minimum absolute atomic E-state index is 0.125. The predicted octanol–water partition coefficient (Wildman–Crippen LogP) is 2.71. The number of aliphatic imine (C=N–C) groups is 1. The SMILES string of the molecule is Cc1ccc2c(c1)C(=NCc1cc(N3CCOCC3)nc(OCC(C)(C)O)n1)CC2. The molecule has 1 N–H and O–H groups in total. The van der Waals surface area contributed by atoms with E-state index in [0.29, 0.717) is 19.8 Å². The second-order valence-electron chi connectivity index (χ2n) is 8.62. The summed E-state index contributed by atoms with van der Waals surface area (Å²) in [6.45, 7) is 9.03. The zero-order valence-corrected chi connectivity index (χ0v) is 18.0. The summed E-state index contributed by atoms with van der Waals surface area (Å²) in [6, 6.07) is 8.85. The number of ether oxygens (including phenoxy) is 2. The highest BCUT2D eigenvalue weighted by Gasteiger charge is 2.20. The summed E-state index contributed by atoms with van der Waals surface area (Å²) in [6.07, 6.45) is 2.00. The van der Waals surface area contributed by atoms with Crippen LogP contribution in [0, 0.1) is 6.92 Å². The molecule has 0 bridgehead atoms. The van der Waals surface area contributed by atoms with Gasteiger partial charge in [0.05, 0.1) is 31.1 Å². The van der Waals surface area contributed by atoms with E-state index in [4.69, 9.17) is 14.5 Å². The fourth-order valence-electron chi connectivity index (χ4n) is 3.71. The van der Waals surface area contributed by atoms with Gasteiger partial charge >= 0.3 is 6.01 Å². The van der Waals surface area contributed by atoms with Gasteiger partial charge in [-0.3, -0.25) is 4.99 Å². The monoisotopic (exact) mass is 410 g/mol. The van der Waals surface area contributed by atoms with Crippen LogP contribution in [0.2, 0.25) is 0 Å². The maximum absolute atomic E-state index is 10.00. The fourth-order valence-corrected chi connectivity index (χ4v) is 3.71. The number of rotatable bonds is 6. The average Bonchev–Trinajstić information content (AvgIpc) is 3.13. The van der Waals surface area contributed by atoms with Crippen molar-refractivity contribution in [2.45, 2.75) is 45.8 Å². The standard InChI is InChI=1S/C23H30N4O3/c1-16-4-5-17-6-7-20(19(17)12-16)24-14-18-13-21(27-8-10-29-11-9-27)26-22(25-18)30-15-23(2,3)28/h4-5,12-13,28H,6-11,14-15H2,1-3H3. The first-order valence-corrected chi connectivity index (χ1v) is 10.6. The molecule has 2 aliphatic rings.